The van der Waals surface area contributed by atoms with Gasteiger partial charge < -0.3 is 15.6 Å². The summed E-state index contributed by atoms with van der Waals surface area (Å²) in [6, 6.07) is 5.99. The first-order valence-corrected chi connectivity index (χ1v) is 9.71. The lowest BCUT2D eigenvalue weighted by molar-refractivity contribution is -0.146. The summed E-state index contributed by atoms with van der Waals surface area (Å²) >= 11 is 0. The number of para-hydroxylation sites is 1. The molecule has 1 heterocycles. The maximum atomic E-state index is 13.1. The smallest absolute Gasteiger partial charge is 0.323 e. The number of hydrogen-bond donors (Lipinski definition) is 3. The van der Waals surface area contributed by atoms with E-state index in [0.717, 1.165) is 18.4 Å². The van der Waals surface area contributed by atoms with Crippen LogP contribution in [-0.2, 0) is 25.5 Å². The van der Waals surface area contributed by atoms with Gasteiger partial charge >= 0.3 is 11.9 Å². The van der Waals surface area contributed by atoms with Crippen molar-refractivity contribution in [2.24, 2.45) is 5.73 Å². The van der Waals surface area contributed by atoms with Crippen LogP contribution in [0.15, 0.2) is 24.3 Å². The molecule has 2 atom stereocenters. The molecule has 1 amide bonds. The summed E-state index contributed by atoms with van der Waals surface area (Å²) in [5.41, 5.74) is 7.06. The number of amides is 1. The number of nitrogens with one attached hydrogen (secondary N) is 1. The third-order valence-electron chi connectivity index (χ3n) is 4.76. The molecular weight excluding hydrogens is 398 g/mol. The molecule has 0 saturated heterocycles. The predicted molar refractivity (Wildman–Crippen MR) is 112 cm³/mol. The number of rotatable bonds is 10. The normalized spacial score (nSPS) is 17.0. The van der Waals surface area contributed by atoms with E-state index in [0.29, 0.717) is 31.5 Å². The standard InChI is InChI=1S/C20H29N3O5.ClH/c1-2-28-20(27)16(8-5-6-12-21)22-15-11-10-14-7-3-4-9-17(14)23(19(15)26)13-18(24)25;/h3-4,7,9,15-16,22H,2,5-6,8,10-13,21H2,1H3,(H,24,25);1H/t15-,16-;/m0./s1. The summed E-state index contributed by atoms with van der Waals surface area (Å²) in [5, 5.41) is 12.4. The van der Waals surface area contributed by atoms with Gasteiger partial charge in [-0.15, -0.1) is 12.4 Å². The number of carbonyl (C=O) groups is 3. The van der Waals surface area contributed by atoms with Gasteiger partial charge in [0.2, 0.25) is 5.91 Å². The Morgan fingerprint density at radius 3 is 2.72 bits per heavy atom. The van der Waals surface area contributed by atoms with E-state index < -0.39 is 30.6 Å². The Morgan fingerprint density at radius 1 is 1.34 bits per heavy atom. The fourth-order valence-corrected chi connectivity index (χ4v) is 3.42. The Kier molecular flexibility index (Phi) is 10.6. The van der Waals surface area contributed by atoms with E-state index in [9.17, 15) is 19.5 Å². The van der Waals surface area contributed by atoms with E-state index in [-0.39, 0.29) is 24.9 Å². The molecule has 8 nitrogen and oxygen atoms in total. The van der Waals surface area contributed by atoms with Crippen LogP contribution in [-0.4, -0.2) is 54.7 Å². The number of halogens is 1. The Bertz CT molecular complexity index is 700. The minimum atomic E-state index is -1.09. The molecule has 1 aromatic rings. The van der Waals surface area contributed by atoms with Crippen LogP contribution in [0, 0.1) is 0 Å². The number of anilines is 1. The number of nitrogens with two attached hydrogens (primary N) is 1. The van der Waals surface area contributed by atoms with Crippen LogP contribution in [0.25, 0.3) is 0 Å². The first kappa shape index (κ1) is 24.9. The fourth-order valence-electron chi connectivity index (χ4n) is 3.42. The van der Waals surface area contributed by atoms with Gasteiger partial charge in [0.05, 0.1) is 12.6 Å². The SMILES string of the molecule is CCOC(=O)[C@H](CCCCN)N[C@H]1CCc2ccccc2N(CC(=O)O)C1=O.Cl. The number of aryl methyl sites for hydroxylation is 1. The van der Waals surface area contributed by atoms with Crippen LogP contribution in [0.1, 0.15) is 38.2 Å². The van der Waals surface area contributed by atoms with E-state index >= 15 is 0 Å². The second-order valence-corrected chi connectivity index (χ2v) is 6.79. The van der Waals surface area contributed by atoms with Gasteiger partial charge in [-0.25, -0.2) is 0 Å². The minimum absolute atomic E-state index is 0. The third-order valence-corrected chi connectivity index (χ3v) is 4.76. The molecule has 1 aromatic carbocycles. The number of carbonyl (C=O) groups excluding carboxylic acids is 2. The third kappa shape index (κ3) is 6.99. The Hall–Kier alpha value is -2.16. The minimum Gasteiger partial charge on any atom is -0.480 e. The molecule has 1 aliphatic rings. The fraction of sp³-hybridized carbons (Fsp3) is 0.550. The van der Waals surface area contributed by atoms with Crippen molar-refractivity contribution in [2.75, 3.05) is 24.6 Å². The van der Waals surface area contributed by atoms with Crippen molar-refractivity contribution in [3.63, 3.8) is 0 Å². The largest absolute Gasteiger partial charge is 0.480 e. The number of aliphatic carboxylic acids is 1. The van der Waals surface area contributed by atoms with E-state index in [2.05, 4.69) is 5.32 Å². The number of unbranched alkanes of at least 4 members (excludes halogenated alkanes) is 1. The highest BCUT2D eigenvalue weighted by atomic mass is 35.5. The molecule has 0 unspecified atom stereocenters. The van der Waals surface area contributed by atoms with Gasteiger partial charge in [-0.1, -0.05) is 24.6 Å². The molecule has 162 valence electrons. The topological polar surface area (TPSA) is 122 Å². The second-order valence-electron chi connectivity index (χ2n) is 6.79. The number of ether oxygens (including phenoxy) is 1. The monoisotopic (exact) mass is 427 g/mol. The van der Waals surface area contributed by atoms with E-state index in [1.807, 2.05) is 12.1 Å². The van der Waals surface area contributed by atoms with Crippen LogP contribution in [0.5, 0.6) is 0 Å². The molecule has 29 heavy (non-hydrogen) atoms. The zero-order valence-electron chi connectivity index (χ0n) is 16.6. The lowest BCUT2D eigenvalue weighted by Crippen LogP contribution is -2.53. The number of nitrogens with zero attached hydrogens (tertiary/aromatic N) is 1. The molecule has 0 aliphatic carbocycles. The molecule has 0 spiro atoms. The van der Waals surface area contributed by atoms with E-state index in [4.69, 9.17) is 10.5 Å². The van der Waals surface area contributed by atoms with Crippen LogP contribution in [0.3, 0.4) is 0 Å². The molecule has 0 radical (unpaired) electrons. The van der Waals surface area contributed by atoms with Crippen molar-refractivity contribution in [1.29, 1.82) is 0 Å². The van der Waals surface area contributed by atoms with Gasteiger partial charge in [0.15, 0.2) is 0 Å². The molecule has 4 N–H and O–H groups in total. The van der Waals surface area contributed by atoms with Crippen LogP contribution in [0.2, 0.25) is 0 Å². The molecular formula is C20H30ClN3O5. The number of esters is 1. The first-order chi connectivity index (χ1) is 13.5. The Balaban J connectivity index is 0.00000420. The van der Waals surface area contributed by atoms with Gasteiger partial charge in [-0.3, -0.25) is 24.6 Å². The highest BCUT2D eigenvalue weighted by molar-refractivity contribution is 6.02. The van der Waals surface area contributed by atoms with Crippen molar-refractivity contribution in [2.45, 2.75) is 51.1 Å². The zero-order valence-corrected chi connectivity index (χ0v) is 17.5. The van der Waals surface area contributed by atoms with Crippen LogP contribution in [0.4, 0.5) is 5.69 Å². The summed E-state index contributed by atoms with van der Waals surface area (Å²) < 4.78 is 5.14. The Morgan fingerprint density at radius 2 is 2.07 bits per heavy atom. The van der Waals surface area contributed by atoms with Crippen molar-refractivity contribution >= 4 is 35.9 Å². The maximum absolute atomic E-state index is 13.1. The summed E-state index contributed by atoms with van der Waals surface area (Å²) in [6.07, 6.45) is 3.08. The molecule has 9 heteroatoms. The van der Waals surface area contributed by atoms with Crippen LogP contribution < -0.4 is 16.0 Å². The predicted octanol–water partition coefficient (Wildman–Crippen LogP) is 1.49. The number of hydrogen-bond acceptors (Lipinski definition) is 6. The quantitative estimate of drug-likeness (QED) is 0.382. The number of fused-ring (bicyclic) bond motifs is 1. The molecule has 0 saturated carbocycles. The van der Waals surface area contributed by atoms with Crippen LogP contribution >= 0.6 is 12.4 Å². The van der Waals surface area contributed by atoms with E-state index in [1.54, 1.807) is 19.1 Å². The summed E-state index contributed by atoms with van der Waals surface area (Å²) in [5.74, 6) is -1.84. The lowest BCUT2D eigenvalue weighted by atomic mass is 10.0. The summed E-state index contributed by atoms with van der Waals surface area (Å²) in [6.45, 7) is 2.09. The Labute approximate surface area is 177 Å². The highest BCUT2D eigenvalue weighted by Gasteiger charge is 2.34. The molecule has 2 rings (SSSR count). The maximum Gasteiger partial charge on any atom is 0.323 e. The molecule has 1 aliphatic heterocycles. The van der Waals surface area contributed by atoms with Gasteiger partial charge in [-0.05, 0) is 50.8 Å². The number of carboxylic acids is 1. The molecule has 0 fully saturated rings. The van der Waals surface area contributed by atoms with Crippen molar-refractivity contribution in [3.8, 4) is 0 Å². The van der Waals surface area contributed by atoms with Gasteiger partial charge in [0, 0.05) is 5.69 Å². The average Bonchev–Trinajstić information content (AvgIpc) is 2.79. The van der Waals surface area contributed by atoms with Gasteiger partial charge in [0.25, 0.3) is 0 Å². The van der Waals surface area contributed by atoms with Crippen molar-refractivity contribution in [3.05, 3.63) is 29.8 Å². The summed E-state index contributed by atoms with van der Waals surface area (Å²) in [4.78, 5) is 38.1. The van der Waals surface area contributed by atoms with Gasteiger partial charge in [-0.2, -0.15) is 0 Å². The number of benzene rings is 1. The average molecular weight is 428 g/mol. The van der Waals surface area contributed by atoms with E-state index in [1.165, 1.54) is 4.90 Å². The molecule has 0 bridgehead atoms. The first-order valence-electron chi connectivity index (χ1n) is 9.71. The van der Waals surface area contributed by atoms with Crippen molar-refractivity contribution < 1.29 is 24.2 Å². The molecule has 0 aromatic heterocycles. The second kappa shape index (κ2) is 12.4. The van der Waals surface area contributed by atoms with Crippen molar-refractivity contribution in [1.82, 2.24) is 5.32 Å². The highest BCUT2D eigenvalue weighted by Crippen LogP contribution is 2.27. The zero-order chi connectivity index (χ0) is 20.5. The van der Waals surface area contributed by atoms with Gasteiger partial charge in [0.1, 0.15) is 12.6 Å². The number of carboxylic acid groups (broad SMARTS) is 1. The summed E-state index contributed by atoms with van der Waals surface area (Å²) in [7, 11) is 0. The lowest BCUT2D eigenvalue weighted by Gasteiger charge is -2.27.